The number of phenolic OH excluding ortho intramolecular Hbond substituents is 1. The second-order valence-electron chi connectivity index (χ2n) is 9.90. The maximum Gasteiger partial charge on any atom is 0.186 e. The Morgan fingerprint density at radius 1 is 1.03 bits per heavy atom. The van der Waals surface area contributed by atoms with Crippen LogP contribution in [-0.4, -0.2) is 53.9 Å². The Bertz CT molecular complexity index is 1180. The predicted molar refractivity (Wildman–Crippen MR) is 143 cm³/mol. The Labute approximate surface area is 223 Å². The van der Waals surface area contributed by atoms with Crippen molar-refractivity contribution < 1.29 is 34.3 Å². The van der Waals surface area contributed by atoms with Crippen molar-refractivity contribution in [3.8, 4) is 34.8 Å². The van der Waals surface area contributed by atoms with Crippen molar-refractivity contribution in [1.29, 1.82) is 0 Å². The molecule has 0 heterocycles. The highest BCUT2D eigenvalue weighted by atomic mass is 16.6. The minimum absolute atomic E-state index is 0.0251. The van der Waals surface area contributed by atoms with Gasteiger partial charge in [-0.15, -0.1) is 0 Å². The highest BCUT2D eigenvalue weighted by Crippen LogP contribution is 2.35. The summed E-state index contributed by atoms with van der Waals surface area (Å²) in [5.74, 6) is 7.45. The number of benzene rings is 2. The third kappa shape index (κ3) is 7.19. The van der Waals surface area contributed by atoms with Crippen molar-refractivity contribution in [1.82, 2.24) is 5.32 Å². The van der Waals surface area contributed by atoms with Gasteiger partial charge in [0.1, 0.15) is 12.5 Å². The van der Waals surface area contributed by atoms with Gasteiger partial charge in [-0.05, 0) is 55.4 Å². The first-order valence-electron chi connectivity index (χ1n) is 13.3. The minimum Gasteiger partial charge on any atom is -0.504 e. The molecule has 2 bridgehead atoms. The number of fused-ring (bicyclic) bond motifs is 3. The van der Waals surface area contributed by atoms with Gasteiger partial charge < -0.3 is 29.5 Å². The van der Waals surface area contributed by atoms with Crippen LogP contribution in [0.25, 0.3) is 0 Å². The number of ketones is 1. The number of nitrogens with one attached hydrogen (secondary N) is 1. The topological polar surface area (TPSA) is 117 Å². The fraction of sp³-hybridized carbons (Fsp3) is 0.500. The average Bonchev–Trinajstić information content (AvgIpc) is 3.41. The summed E-state index contributed by atoms with van der Waals surface area (Å²) in [5.41, 5.74) is 3.00. The summed E-state index contributed by atoms with van der Waals surface area (Å²) >= 11 is 0. The molecule has 0 unspecified atom stereocenters. The molecule has 0 radical (unpaired) electrons. The molecule has 1 saturated carbocycles. The smallest absolute Gasteiger partial charge is 0.186 e. The molecule has 0 aromatic heterocycles. The molecule has 2 aromatic carbocycles. The summed E-state index contributed by atoms with van der Waals surface area (Å²) in [4.78, 5) is 12.6. The number of Topliss-reactive ketones (excluding diaryl/α,β-unsaturated/α-hetero) is 1. The maximum absolute atomic E-state index is 12.6. The summed E-state index contributed by atoms with van der Waals surface area (Å²) in [6, 6.07) is 7.49. The molecule has 204 valence electrons. The van der Waals surface area contributed by atoms with Crippen LogP contribution in [0, 0.1) is 11.8 Å². The van der Waals surface area contributed by atoms with Crippen molar-refractivity contribution in [2.75, 3.05) is 20.6 Å². The van der Waals surface area contributed by atoms with Crippen LogP contribution in [0.2, 0.25) is 0 Å². The second-order valence-corrected chi connectivity index (χ2v) is 9.90. The van der Waals surface area contributed by atoms with E-state index in [0.717, 1.165) is 29.5 Å². The Morgan fingerprint density at radius 2 is 1.84 bits per heavy atom. The molecule has 0 amide bonds. The maximum atomic E-state index is 12.6. The first-order chi connectivity index (χ1) is 18.5. The highest BCUT2D eigenvalue weighted by Gasteiger charge is 2.19. The van der Waals surface area contributed by atoms with Crippen molar-refractivity contribution in [3.63, 3.8) is 0 Å². The summed E-state index contributed by atoms with van der Waals surface area (Å²) < 4.78 is 17.1. The lowest BCUT2D eigenvalue weighted by molar-refractivity contribution is -0.121. The van der Waals surface area contributed by atoms with Crippen LogP contribution in [0.15, 0.2) is 24.3 Å². The zero-order valence-electron chi connectivity index (χ0n) is 21.9. The Hall–Kier alpha value is -3.25. The fourth-order valence-electron chi connectivity index (χ4n) is 5.17. The summed E-state index contributed by atoms with van der Waals surface area (Å²) in [5, 5.41) is 33.9. The van der Waals surface area contributed by atoms with Gasteiger partial charge in [-0.2, -0.15) is 0 Å². The van der Waals surface area contributed by atoms with E-state index < -0.39 is 12.9 Å². The van der Waals surface area contributed by atoms with Gasteiger partial charge >= 0.3 is 0 Å². The van der Waals surface area contributed by atoms with Crippen LogP contribution >= 0.6 is 0 Å². The first-order valence-corrected chi connectivity index (χ1v) is 13.3. The summed E-state index contributed by atoms with van der Waals surface area (Å²) in [6.07, 6.45) is 5.91. The van der Waals surface area contributed by atoms with Crippen LogP contribution in [0.3, 0.4) is 0 Å². The van der Waals surface area contributed by atoms with Crippen LogP contribution in [0.4, 0.5) is 0 Å². The second kappa shape index (κ2) is 13.5. The lowest BCUT2D eigenvalue weighted by Crippen LogP contribution is -2.30. The molecular weight excluding hydrogens is 486 g/mol. The zero-order chi connectivity index (χ0) is 26.9. The van der Waals surface area contributed by atoms with Crippen molar-refractivity contribution in [3.05, 3.63) is 46.5 Å². The van der Waals surface area contributed by atoms with Gasteiger partial charge in [-0.1, -0.05) is 36.8 Å². The van der Waals surface area contributed by atoms with E-state index in [1.54, 1.807) is 12.1 Å². The third-order valence-electron chi connectivity index (χ3n) is 7.18. The van der Waals surface area contributed by atoms with E-state index in [9.17, 15) is 20.1 Å². The molecule has 0 saturated heterocycles. The van der Waals surface area contributed by atoms with Crippen molar-refractivity contribution >= 4 is 5.78 Å². The number of ether oxygens (including phenoxy) is 3. The van der Waals surface area contributed by atoms with E-state index >= 15 is 0 Å². The molecule has 38 heavy (non-hydrogen) atoms. The molecule has 2 aliphatic carbocycles. The molecule has 8 heteroatoms. The highest BCUT2D eigenvalue weighted by molar-refractivity contribution is 5.79. The predicted octanol–water partition coefficient (Wildman–Crippen LogP) is 3.39. The van der Waals surface area contributed by atoms with E-state index in [1.807, 2.05) is 6.07 Å². The number of rotatable bonds is 7. The number of hydrogen-bond acceptors (Lipinski definition) is 8. The quantitative estimate of drug-likeness (QED) is 0.322. The lowest BCUT2D eigenvalue weighted by atomic mass is 9.97. The lowest BCUT2D eigenvalue weighted by Gasteiger charge is -2.19. The van der Waals surface area contributed by atoms with Gasteiger partial charge in [0.15, 0.2) is 29.8 Å². The largest absolute Gasteiger partial charge is 0.504 e. The number of aromatic hydroxyl groups is 1. The molecular formula is C30H37NO7. The van der Waals surface area contributed by atoms with Gasteiger partial charge in [-0.25, -0.2) is 0 Å². The number of aliphatic hydroxyl groups is 2. The van der Waals surface area contributed by atoms with Crippen LogP contribution < -0.4 is 19.5 Å². The Kier molecular flexibility index (Phi) is 9.88. The SMILES string of the molecule is COc1c(O)ccc2c1C#CCc1cc(cc(OCO)c1OCNC1CCCC1)CC[C@@H](O)CC(=O)CC2. The van der Waals surface area contributed by atoms with E-state index in [4.69, 9.17) is 14.2 Å². The molecule has 2 aromatic rings. The number of methoxy groups -OCH3 is 1. The van der Waals surface area contributed by atoms with Crippen molar-refractivity contribution in [2.24, 2.45) is 0 Å². The minimum atomic E-state index is -0.769. The van der Waals surface area contributed by atoms with E-state index in [2.05, 4.69) is 17.2 Å². The molecule has 1 fully saturated rings. The van der Waals surface area contributed by atoms with E-state index in [1.165, 1.54) is 26.0 Å². The number of phenols is 1. The van der Waals surface area contributed by atoms with Gasteiger partial charge in [0.05, 0.1) is 18.8 Å². The number of aryl methyl sites for hydroxylation is 2. The van der Waals surface area contributed by atoms with Crippen molar-refractivity contribution in [2.45, 2.75) is 76.4 Å². The normalized spacial score (nSPS) is 18.5. The number of aliphatic hydroxyl groups excluding tert-OH is 2. The third-order valence-corrected chi connectivity index (χ3v) is 7.18. The fourth-order valence-corrected chi connectivity index (χ4v) is 5.17. The standard InChI is InChI=1S/C30H37NO7/c1-36-30-26-8-4-5-22-15-20(9-12-24(33)17-25(34)13-10-21(26)11-14-27(30)35)16-28(38-19-32)29(22)37-18-31-23-6-2-3-7-23/h11,14-16,23-24,31-33,35H,2-3,5-7,9-10,12-13,17-19H2,1H3/t24-/m1/s1. The van der Waals surface area contributed by atoms with Gasteiger partial charge in [0, 0.05) is 30.9 Å². The van der Waals surface area contributed by atoms with Gasteiger partial charge in [0.25, 0.3) is 0 Å². The van der Waals surface area contributed by atoms with Crippen LogP contribution in [-0.2, 0) is 24.1 Å². The molecule has 8 nitrogen and oxygen atoms in total. The Morgan fingerprint density at radius 3 is 2.61 bits per heavy atom. The molecule has 4 rings (SSSR count). The number of carbonyl (C=O) groups excluding carboxylic acids is 1. The monoisotopic (exact) mass is 523 g/mol. The molecule has 4 N–H and O–H groups in total. The van der Waals surface area contributed by atoms with Crippen LogP contribution in [0.1, 0.15) is 67.2 Å². The van der Waals surface area contributed by atoms with Gasteiger partial charge in [-0.3, -0.25) is 10.1 Å². The zero-order valence-corrected chi connectivity index (χ0v) is 21.9. The first kappa shape index (κ1) is 27.8. The summed E-state index contributed by atoms with van der Waals surface area (Å²) in [7, 11) is 1.47. The van der Waals surface area contributed by atoms with E-state index in [0.29, 0.717) is 55.5 Å². The van der Waals surface area contributed by atoms with Crippen LogP contribution in [0.5, 0.6) is 23.0 Å². The molecule has 2 aliphatic rings. The molecule has 1 atom stereocenters. The average molecular weight is 524 g/mol. The number of hydrogen-bond donors (Lipinski definition) is 4. The summed E-state index contributed by atoms with van der Waals surface area (Å²) in [6.45, 7) is -0.209. The molecule has 0 aliphatic heterocycles. The Balaban J connectivity index is 1.71. The molecule has 0 spiro atoms. The number of carbonyl (C=O) groups is 1. The van der Waals surface area contributed by atoms with Gasteiger partial charge in [0.2, 0.25) is 0 Å². The van der Waals surface area contributed by atoms with E-state index in [-0.39, 0.29) is 30.1 Å².